The molecule has 0 aliphatic heterocycles. The fourth-order valence-electron chi connectivity index (χ4n) is 3.88. The van der Waals surface area contributed by atoms with Gasteiger partial charge >= 0.3 is 0 Å². The molecule has 0 bridgehead atoms. The Bertz CT molecular complexity index is 883. The Kier molecular flexibility index (Phi) is 5.61. The molecule has 26 heavy (non-hydrogen) atoms. The lowest BCUT2D eigenvalue weighted by Crippen LogP contribution is -2.35. The summed E-state index contributed by atoms with van der Waals surface area (Å²) in [4.78, 5) is 0. The van der Waals surface area contributed by atoms with E-state index in [9.17, 15) is 9.13 Å². The average Bonchev–Trinajstić information content (AvgIpc) is 2.67. The van der Waals surface area contributed by atoms with Crippen molar-refractivity contribution in [1.82, 2.24) is 0 Å². The molecule has 0 amide bonds. The highest BCUT2D eigenvalue weighted by Crippen LogP contribution is 2.61. The maximum atomic E-state index is 14.8. The van der Waals surface area contributed by atoms with Gasteiger partial charge in [-0.3, -0.25) is 0 Å². The third-order valence-corrected chi connectivity index (χ3v) is 11.0. The zero-order valence-corrected chi connectivity index (χ0v) is 17.3. The van der Waals surface area contributed by atoms with Crippen molar-refractivity contribution in [2.24, 2.45) is 0 Å². The van der Waals surface area contributed by atoms with E-state index < -0.39 is 14.3 Å². The first-order chi connectivity index (χ1) is 12.4. The van der Waals surface area contributed by atoms with Gasteiger partial charge < -0.3 is 13.9 Å². The highest BCUT2D eigenvalue weighted by Gasteiger charge is 2.46. The third-order valence-electron chi connectivity index (χ3n) is 5.12. The molecule has 1 unspecified atom stereocenters. The zero-order chi connectivity index (χ0) is 18.8. The van der Waals surface area contributed by atoms with Gasteiger partial charge in [-0.05, 0) is 38.3 Å². The van der Waals surface area contributed by atoms with Crippen molar-refractivity contribution in [3.8, 4) is 5.75 Å². The number of hydrogen-bond acceptors (Lipinski definition) is 3. The van der Waals surface area contributed by atoms with Gasteiger partial charge in [-0.25, -0.2) is 0 Å². The van der Waals surface area contributed by atoms with E-state index in [2.05, 4.69) is 6.08 Å². The lowest BCUT2D eigenvalue weighted by atomic mass is 10.1. The van der Waals surface area contributed by atoms with Crippen LogP contribution in [0.5, 0.6) is 5.75 Å². The van der Waals surface area contributed by atoms with Crippen LogP contribution in [0.3, 0.4) is 0 Å². The highest BCUT2D eigenvalue weighted by atomic mass is 31.2. The topological polar surface area (TPSA) is 43.4 Å². The number of allylic oxidation sites excluding steroid dienone is 2. The van der Waals surface area contributed by atoms with Gasteiger partial charge in [0.05, 0.1) is 19.6 Å². The summed E-state index contributed by atoms with van der Waals surface area (Å²) >= 11 is 0. The molecule has 2 aromatic carbocycles. The van der Waals surface area contributed by atoms with Crippen molar-refractivity contribution in [1.29, 1.82) is 0 Å². The molecule has 0 saturated heterocycles. The molecule has 0 radical (unpaired) electrons. The quantitative estimate of drug-likeness (QED) is 0.550. The summed E-state index contributed by atoms with van der Waals surface area (Å²) in [5.74, 6) is 0.634. The van der Waals surface area contributed by atoms with Crippen molar-refractivity contribution in [3.63, 3.8) is 0 Å². The van der Waals surface area contributed by atoms with Crippen LogP contribution < -0.4 is 15.3 Å². The number of benzene rings is 2. The summed E-state index contributed by atoms with van der Waals surface area (Å²) in [5, 5.41) is 1.54. The maximum absolute atomic E-state index is 14.8. The summed E-state index contributed by atoms with van der Waals surface area (Å²) in [5.41, 5.74) is -0.376. The van der Waals surface area contributed by atoms with Gasteiger partial charge in [0.25, 0.3) is 0 Å². The summed E-state index contributed by atoms with van der Waals surface area (Å²) in [6.07, 6.45) is 5.72. The Morgan fingerprint density at radius 3 is 2.27 bits per heavy atom. The van der Waals surface area contributed by atoms with Crippen LogP contribution in [0.15, 0.2) is 66.7 Å². The SMILES string of the molecule is COc1ccccc1P(=O)(c1ccccc1)[C@@H]1CCC=C[C@H]1P(C)(C)=O. The van der Waals surface area contributed by atoms with Crippen LogP contribution in [0, 0.1) is 0 Å². The van der Waals surface area contributed by atoms with E-state index in [0.717, 1.165) is 23.5 Å². The fourth-order valence-corrected chi connectivity index (χ4v) is 10.4. The molecule has 2 aromatic rings. The molecule has 0 fully saturated rings. The van der Waals surface area contributed by atoms with Gasteiger partial charge in [0, 0.05) is 16.6 Å². The molecule has 3 atom stereocenters. The van der Waals surface area contributed by atoms with E-state index in [4.69, 9.17) is 4.74 Å². The molecule has 0 aromatic heterocycles. The molecule has 1 aliphatic rings. The molecule has 0 N–H and O–H groups in total. The molecular formula is C21H26O3P2. The minimum absolute atomic E-state index is 0.188. The van der Waals surface area contributed by atoms with Gasteiger partial charge in [-0.2, -0.15) is 0 Å². The van der Waals surface area contributed by atoms with E-state index in [1.807, 2.05) is 60.7 Å². The number of hydrogen-bond donors (Lipinski definition) is 0. The molecule has 3 rings (SSSR count). The molecule has 0 saturated carbocycles. The van der Waals surface area contributed by atoms with Crippen molar-refractivity contribution >= 4 is 24.9 Å². The maximum Gasteiger partial charge on any atom is 0.150 e. The minimum atomic E-state index is -3.05. The van der Waals surface area contributed by atoms with Gasteiger partial charge in [0.15, 0.2) is 7.14 Å². The molecule has 138 valence electrons. The molecule has 0 heterocycles. The predicted molar refractivity (Wildman–Crippen MR) is 112 cm³/mol. The molecule has 1 aliphatic carbocycles. The monoisotopic (exact) mass is 388 g/mol. The Labute approximate surface area is 156 Å². The minimum Gasteiger partial charge on any atom is -0.496 e. The first-order valence-corrected chi connectivity index (χ1v) is 13.3. The smallest absolute Gasteiger partial charge is 0.150 e. The van der Waals surface area contributed by atoms with Gasteiger partial charge in [0.2, 0.25) is 0 Å². The molecule has 3 nitrogen and oxygen atoms in total. The summed E-state index contributed by atoms with van der Waals surface area (Å²) in [6.45, 7) is 3.61. The summed E-state index contributed by atoms with van der Waals surface area (Å²) < 4.78 is 33.4. The third kappa shape index (κ3) is 3.48. The molecular weight excluding hydrogens is 362 g/mol. The van der Waals surface area contributed by atoms with Gasteiger partial charge in [0.1, 0.15) is 5.75 Å². The molecule has 0 spiro atoms. The van der Waals surface area contributed by atoms with Crippen LogP contribution in [0.1, 0.15) is 12.8 Å². The van der Waals surface area contributed by atoms with Crippen LogP contribution in [0.25, 0.3) is 0 Å². The predicted octanol–water partition coefficient (Wildman–Crippen LogP) is 4.72. The van der Waals surface area contributed by atoms with E-state index >= 15 is 0 Å². The Morgan fingerprint density at radius 1 is 0.962 bits per heavy atom. The first kappa shape index (κ1) is 19.2. The second-order valence-corrected chi connectivity index (χ2v) is 13.6. The van der Waals surface area contributed by atoms with E-state index in [1.54, 1.807) is 20.4 Å². The van der Waals surface area contributed by atoms with E-state index in [1.165, 1.54) is 0 Å². The van der Waals surface area contributed by atoms with Crippen LogP contribution >= 0.6 is 14.3 Å². The van der Waals surface area contributed by atoms with Crippen molar-refractivity contribution in [3.05, 3.63) is 66.7 Å². The lowest BCUT2D eigenvalue weighted by Gasteiger charge is -2.37. The Morgan fingerprint density at radius 2 is 1.62 bits per heavy atom. The number of rotatable bonds is 5. The van der Waals surface area contributed by atoms with Gasteiger partial charge in [-0.1, -0.05) is 54.6 Å². The van der Waals surface area contributed by atoms with E-state index in [-0.39, 0.29) is 11.3 Å². The number of methoxy groups -OCH3 is 1. The van der Waals surface area contributed by atoms with Crippen molar-refractivity contribution < 1.29 is 13.9 Å². The summed E-state index contributed by atoms with van der Waals surface area (Å²) in [7, 11) is -3.90. The number of ether oxygens (including phenoxy) is 1. The average molecular weight is 388 g/mol. The summed E-state index contributed by atoms with van der Waals surface area (Å²) in [6, 6.07) is 17.2. The zero-order valence-electron chi connectivity index (χ0n) is 15.5. The molecule has 5 heteroatoms. The van der Waals surface area contributed by atoms with Gasteiger partial charge in [-0.15, -0.1) is 0 Å². The van der Waals surface area contributed by atoms with E-state index in [0.29, 0.717) is 5.75 Å². The second-order valence-electron chi connectivity index (χ2n) is 7.16. The lowest BCUT2D eigenvalue weighted by molar-refractivity contribution is 0.417. The standard InChI is InChI=1S/C21H26O3P2/c1-24-18-13-7-8-14-19(18)26(23,17-11-5-4-6-12-17)21-16-10-9-15-20(21)25(2,3)22/h4-9,11-15,20-21H,10,16H2,1-3H3/t20-,21-,26?/m1/s1. The van der Waals surface area contributed by atoms with Crippen molar-refractivity contribution in [2.75, 3.05) is 20.4 Å². The largest absolute Gasteiger partial charge is 0.496 e. The normalized spacial score (nSPS) is 22.6. The van der Waals surface area contributed by atoms with Crippen molar-refractivity contribution in [2.45, 2.75) is 24.2 Å². The van der Waals surface area contributed by atoms with Crippen LogP contribution in [-0.2, 0) is 9.13 Å². The van der Waals surface area contributed by atoms with Crippen LogP contribution in [-0.4, -0.2) is 31.8 Å². The highest BCUT2D eigenvalue weighted by molar-refractivity contribution is 7.80. The number of para-hydroxylation sites is 1. The first-order valence-electron chi connectivity index (χ1n) is 8.89. The van der Waals surface area contributed by atoms with Crippen LogP contribution in [0.4, 0.5) is 0 Å². The fraction of sp³-hybridized carbons (Fsp3) is 0.333. The Hall–Kier alpha value is -1.56. The Balaban J connectivity index is 2.27. The second kappa shape index (κ2) is 7.59. The van der Waals surface area contributed by atoms with Crippen LogP contribution in [0.2, 0.25) is 0 Å².